The zero-order valence-corrected chi connectivity index (χ0v) is 7.82. The number of aliphatic hydroxyl groups is 1. The van der Waals surface area contributed by atoms with Crippen molar-refractivity contribution in [3.63, 3.8) is 0 Å². The van der Waals surface area contributed by atoms with Crippen LogP contribution in [0.15, 0.2) is 24.3 Å². The van der Waals surface area contributed by atoms with Gasteiger partial charge >= 0.3 is 0 Å². The maximum Gasteiger partial charge on any atom is 0.123 e. The Morgan fingerprint density at radius 2 is 2.00 bits per heavy atom. The highest BCUT2D eigenvalue weighted by Crippen LogP contribution is 2.16. The maximum absolute atomic E-state index is 11.8. The molecule has 0 aromatic heterocycles. The summed E-state index contributed by atoms with van der Waals surface area (Å²) < 4.78 is 16.8. The predicted octanol–water partition coefficient (Wildman–Crippen LogP) is 1.03. The van der Waals surface area contributed by atoms with Crippen molar-refractivity contribution >= 4 is 0 Å². The van der Waals surface area contributed by atoms with Crippen molar-refractivity contribution in [1.82, 2.24) is 0 Å². The average molecular weight is 199 g/mol. The van der Waals surface area contributed by atoms with E-state index in [9.17, 15) is 9.50 Å². The van der Waals surface area contributed by atoms with Gasteiger partial charge in [0.2, 0.25) is 0 Å². The summed E-state index contributed by atoms with van der Waals surface area (Å²) >= 11 is 0. The summed E-state index contributed by atoms with van der Waals surface area (Å²) in [5.74, 6) is 0.593. The van der Waals surface area contributed by atoms with E-state index in [0.29, 0.717) is 5.75 Å². The molecule has 0 fully saturated rings. The SMILES string of the molecule is NC[C@@H](O)c1ccc(OCCF)cc1. The summed E-state index contributed by atoms with van der Waals surface area (Å²) in [5, 5.41) is 9.37. The third-order valence-corrected chi connectivity index (χ3v) is 1.83. The Hall–Kier alpha value is -1.13. The number of ether oxygens (including phenoxy) is 1. The van der Waals surface area contributed by atoms with Gasteiger partial charge in [-0.05, 0) is 17.7 Å². The lowest BCUT2D eigenvalue weighted by atomic mass is 10.1. The van der Waals surface area contributed by atoms with Gasteiger partial charge in [0.1, 0.15) is 19.0 Å². The summed E-state index contributed by atoms with van der Waals surface area (Å²) in [6.45, 7) is -0.267. The number of hydrogen-bond donors (Lipinski definition) is 2. The number of alkyl halides is 1. The first-order valence-electron chi connectivity index (χ1n) is 4.44. The Morgan fingerprint density at radius 3 is 2.50 bits per heavy atom. The van der Waals surface area contributed by atoms with Crippen molar-refractivity contribution < 1.29 is 14.2 Å². The van der Waals surface area contributed by atoms with Crippen molar-refractivity contribution in [2.45, 2.75) is 6.10 Å². The lowest BCUT2D eigenvalue weighted by Gasteiger charge is -2.09. The van der Waals surface area contributed by atoms with E-state index in [1.165, 1.54) is 0 Å². The van der Waals surface area contributed by atoms with Gasteiger partial charge in [-0.1, -0.05) is 12.1 Å². The highest BCUT2D eigenvalue weighted by Gasteiger charge is 2.04. The number of halogens is 1. The second-order valence-electron chi connectivity index (χ2n) is 2.86. The van der Waals surface area contributed by atoms with Crippen LogP contribution in [-0.4, -0.2) is 24.9 Å². The Kier molecular flexibility index (Phi) is 4.35. The van der Waals surface area contributed by atoms with Crippen molar-refractivity contribution in [3.8, 4) is 5.75 Å². The van der Waals surface area contributed by atoms with Gasteiger partial charge in [0.05, 0.1) is 6.10 Å². The molecule has 0 saturated heterocycles. The summed E-state index contributed by atoms with van der Waals surface area (Å²) in [6.07, 6.45) is -0.648. The van der Waals surface area contributed by atoms with Crippen LogP contribution in [0.2, 0.25) is 0 Å². The third-order valence-electron chi connectivity index (χ3n) is 1.83. The van der Waals surface area contributed by atoms with Crippen LogP contribution in [0.1, 0.15) is 11.7 Å². The molecule has 0 aliphatic rings. The minimum atomic E-state index is -0.648. The normalized spacial score (nSPS) is 12.5. The Bertz CT molecular complexity index is 263. The van der Waals surface area contributed by atoms with Crippen LogP contribution in [0, 0.1) is 0 Å². The Labute approximate surface area is 82.3 Å². The van der Waals surface area contributed by atoms with E-state index in [4.69, 9.17) is 10.5 Å². The van der Waals surface area contributed by atoms with Gasteiger partial charge in [0.15, 0.2) is 0 Å². The second-order valence-corrected chi connectivity index (χ2v) is 2.86. The van der Waals surface area contributed by atoms with Gasteiger partial charge in [0.25, 0.3) is 0 Å². The van der Waals surface area contributed by atoms with E-state index < -0.39 is 12.8 Å². The fourth-order valence-corrected chi connectivity index (χ4v) is 1.08. The molecule has 1 aromatic carbocycles. The molecule has 0 aliphatic heterocycles. The molecule has 1 atom stereocenters. The Balaban J connectivity index is 2.59. The first kappa shape index (κ1) is 10.9. The van der Waals surface area contributed by atoms with Crippen LogP contribution in [0.25, 0.3) is 0 Å². The molecule has 0 saturated carbocycles. The fourth-order valence-electron chi connectivity index (χ4n) is 1.08. The minimum Gasteiger partial charge on any atom is -0.491 e. The number of rotatable bonds is 5. The van der Waals surface area contributed by atoms with E-state index in [0.717, 1.165) is 5.56 Å². The second kappa shape index (κ2) is 5.57. The summed E-state index contributed by atoms with van der Waals surface area (Å²) in [5.41, 5.74) is 6.03. The van der Waals surface area contributed by atoms with Crippen LogP contribution in [0.4, 0.5) is 4.39 Å². The van der Waals surface area contributed by atoms with Crippen molar-refractivity contribution in [2.24, 2.45) is 5.73 Å². The lowest BCUT2D eigenvalue weighted by molar-refractivity contribution is 0.186. The fraction of sp³-hybridized carbons (Fsp3) is 0.400. The minimum absolute atomic E-state index is 0.0544. The number of aliphatic hydroxyl groups excluding tert-OH is 1. The average Bonchev–Trinajstić information content (AvgIpc) is 2.26. The molecule has 0 heterocycles. The van der Waals surface area contributed by atoms with Gasteiger partial charge in [-0.3, -0.25) is 0 Å². The van der Waals surface area contributed by atoms with Gasteiger partial charge < -0.3 is 15.6 Å². The molecule has 14 heavy (non-hydrogen) atoms. The molecule has 1 rings (SSSR count). The monoisotopic (exact) mass is 199 g/mol. The van der Waals surface area contributed by atoms with E-state index >= 15 is 0 Å². The van der Waals surface area contributed by atoms with Crippen LogP contribution >= 0.6 is 0 Å². The first-order chi connectivity index (χ1) is 6.77. The van der Waals surface area contributed by atoms with Crippen molar-refractivity contribution in [3.05, 3.63) is 29.8 Å². The molecule has 0 unspecified atom stereocenters. The summed E-state index contributed by atoms with van der Waals surface area (Å²) in [4.78, 5) is 0. The van der Waals surface area contributed by atoms with Gasteiger partial charge in [-0.25, -0.2) is 4.39 Å². The van der Waals surface area contributed by atoms with Gasteiger partial charge in [0, 0.05) is 6.54 Å². The van der Waals surface area contributed by atoms with Gasteiger partial charge in [-0.15, -0.1) is 0 Å². The van der Waals surface area contributed by atoms with E-state index in [2.05, 4.69) is 0 Å². The van der Waals surface area contributed by atoms with Crippen LogP contribution in [-0.2, 0) is 0 Å². The molecular weight excluding hydrogens is 185 g/mol. The highest BCUT2D eigenvalue weighted by atomic mass is 19.1. The molecule has 3 N–H and O–H groups in total. The Morgan fingerprint density at radius 1 is 1.36 bits per heavy atom. The molecule has 0 radical (unpaired) electrons. The van der Waals surface area contributed by atoms with Crippen LogP contribution in [0.3, 0.4) is 0 Å². The molecule has 1 aromatic rings. The largest absolute Gasteiger partial charge is 0.491 e. The molecule has 0 spiro atoms. The molecule has 0 amide bonds. The molecule has 0 bridgehead atoms. The van der Waals surface area contributed by atoms with Crippen molar-refractivity contribution in [2.75, 3.05) is 19.8 Å². The summed E-state index contributed by atoms with van der Waals surface area (Å²) in [7, 11) is 0. The van der Waals surface area contributed by atoms with Crippen LogP contribution in [0.5, 0.6) is 5.75 Å². The standard InChI is InChI=1S/C10H14FNO2/c11-5-6-14-9-3-1-8(2-4-9)10(13)7-12/h1-4,10,13H,5-7,12H2/t10-/m1/s1. The summed E-state index contributed by atoms with van der Waals surface area (Å²) in [6, 6.07) is 6.80. The first-order valence-corrected chi connectivity index (χ1v) is 4.44. The van der Waals surface area contributed by atoms with E-state index in [1.54, 1.807) is 24.3 Å². The smallest absolute Gasteiger partial charge is 0.123 e. The molecular formula is C10H14FNO2. The zero-order chi connectivity index (χ0) is 10.4. The van der Waals surface area contributed by atoms with Gasteiger partial charge in [-0.2, -0.15) is 0 Å². The molecule has 4 heteroatoms. The van der Waals surface area contributed by atoms with Crippen LogP contribution < -0.4 is 10.5 Å². The topological polar surface area (TPSA) is 55.5 Å². The number of hydrogen-bond acceptors (Lipinski definition) is 3. The quantitative estimate of drug-likeness (QED) is 0.744. The van der Waals surface area contributed by atoms with E-state index in [-0.39, 0.29) is 13.2 Å². The third kappa shape index (κ3) is 2.97. The van der Waals surface area contributed by atoms with Crippen molar-refractivity contribution in [1.29, 1.82) is 0 Å². The molecule has 3 nitrogen and oxygen atoms in total. The lowest BCUT2D eigenvalue weighted by Crippen LogP contribution is -2.11. The van der Waals surface area contributed by atoms with E-state index in [1.807, 2.05) is 0 Å². The number of nitrogens with two attached hydrogens (primary N) is 1. The molecule has 0 aliphatic carbocycles. The predicted molar refractivity (Wildman–Crippen MR) is 51.9 cm³/mol. The maximum atomic E-state index is 11.8. The number of benzene rings is 1. The molecule has 78 valence electrons. The zero-order valence-electron chi connectivity index (χ0n) is 7.82. The highest BCUT2D eigenvalue weighted by molar-refractivity contribution is 5.28.